The van der Waals surface area contributed by atoms with Crippen molar-refractivity contribution in [2.45, 2.75) is 19.3 Å². The van der Waals surface area contributed by atoms with Crippen LogP contribution in [-0.4, -0.2) is 30.6 Å². The van der Waals surface area contributed by atoms with E-state index in [0.29, 0.717) is 24.5 Å². The first kappa shape index (κ1) is 12.0. The van der Waals surface area contributed by atoms with Crippen LogP contribution in [-0.2, 0) is 4.74 Å². The zero-order chi connectivity index (χ0) is 12.1. The lowest BCUT2D eigenvalue weighted by Gasteiger charge is -2.04. The molecular formula is C12H19N3O2. The normalized spacial score (nSPS) is 14.8. The van der Waals surface area contributed by atoms with E-state index in [2.05, 4.69) is 10.3 Å². The number of aromatic amines is 1. The molecule has 0 radical (unpaired) electrons. The van der Waals surface area contributed by atoms with Crippen molar-refractivity contribution < 1.29 is 9.53 Å². The molecule has 94 valence electrons. The SMILES string of the molecule is Nc1c[nH]c(C(=O)NCCCOCC2CC2)c1. The lowest BCUT2D eigenvalue weighted by atomic mass is 10.3. The summed E-state index contributed by atoms with van der Waals surface area (Å²) in [7, 11) is 0. The lowest BCUT2D eigenvalue weighted by molar-refractivity contribution is 0.0933. The quantitative estimate of drug-likeness (QED) is 0.622. The maximum Gasteiger partial charge on any atom is 0.267 e. The second-order valence-corrected chi connectivity index (χ2v) is 4.47. The van der Waals surface area contributed by atoms with Crippen LogP contribution >= 0.6 is 0 Å². The van der Waals surface area contributed by atoms with Crippen molar-refractivity contribution in [3.8, 4) is 0 Å². The molecule has 1 aromatic rings. The van der Waals surface area contributed by atoms with Crippen molar-refractivity contribution >= 4 is 11.6 Å². The van der Waals surface area contributed by atoms with Crippen LogP contribution in [0, 0.1) is 5.92 Å². The zero-order valence-corrected chi connectivity index (χ0v) is 9.87. The second kappa shape index (κ2) is 5.72. The van der Waals surface area contributed by atoms with Crippen LogP contribution in [0.4, 0.5) is 5.69 Å². The van der Waals surface area contributed by atoms with Gasteiger partial charge in [-0.1, -0.05) is 0 Å². The van der Waals surface area contributed by atoms with E-state index in [9.17, 15) is 4.79 Å². The summed E-state index contributed by atoms with van der Waals surface area (Å²) >= 11 is 0. The van der Waals surface area contributed by atoms with Gasteiger partial charge in [0.05, 0.1) is 0 Å². The van der Waals surface area contributed by atoms with Gasteiger partial charge < -0.3 is 20.8 Å². The Morgan fingerprint density at radius 3 is 3.06 bits per heavy atom. The number of hydrogen-bond acceptors (Lipinski definition) is 3. The number of ether oxygens (including phenoxy) is 1. The van der Waals surface area contributed by atoms with Crippen LogP contribution in [0.15, 0.2) is 12.3 Å². The van der Waals surface area contributed by atoms with Gasteiger partial charge in [0.15, 0.2) is 0 Å². The summed E-state index contributed by atoms with van der Waals surface area (Å²) < 4.78 is 5.47. The summed E-state index contributed by atoms with van der Waals surface area (Å²) in [5.74, 6) is 0.676. The molecule has 1 heterocycles. The molecule has 0 unspecified atom stereocenters. The van der Waals surface area contributed by atoms with Crippen LogP contribution < -0.4 is 11.1 Å². The average molecular weight is 237 g/mol. The average Bonchev–Trinajstić information content (AvgIpc) is 3.04. The lowest BCUT2D eigenvalue weighted by Crippen LogP contribution is -2.25. The van der Waals surface area contributed by atoms with E-state index in [1.807, 2.05) is 0 Å². The van der Waals surface area contributed by atoms with E-state index < -0.39 is 0 Å². The number of carbonyl (C=O) groups excluding carboxylic acids is 1. The van der Waals surface area contributed by atoms with Gasteiger partial charge in [-0.2, -0.15) is 0 Å². The molecule has 0 atom stereocenters. The van der Waals surface area contributed by atoms with Crippen LogP contribution in [0.5, 0.6) is 0 Å². The summed E-state index contributed by atoms with van der Waals surface area (Å²) in [6.45, 7) is 2.22. The molecular weight excluding hydrogens is 218 g/mol. The number of amides is 1. The van der Waals surface area contributed by atoms with E-state index in [1.54, 1.807) is 12.3 Å². The van der Waals surface area contributed by atoms with Crippen molar-refractivity contribution in [2.24, 2.45) is 5.92 Å². The van der Waals surface area contributed by atoms with Crippen molar-refractivity contribution in [3.05, 3.63) is 18.0 Å². The molecule has 1 saturated carbocycles. The molecule has 2 rings (SSSR count). The van der Waals surface area contributed by atoms with Crippen molar-refractivity contribution in [1.29, 1.82) is 0 Å². The first-order valence-corrected chi connectivity index (χ1v) is 6.05. The summed E-state index contributed by atoms with van der Waals surface area (Å²) in [4.78, 5) is 14.4. The fourth-order valence-electron chi connectivity index (χ4n) is 1.55. The summed E-state index contributed by atoms with van der Waals surface area (Å²) in [5, 5.41) is 2.81. The Hall–Kier alpha value is -1.49. The zero-order valence-electron chi connectivity index (χ0n) is 9.87. The van der Waals surface area contributed by atoms with Gasteiger partial charge >= 0.3 is 0 Å². The summed E-state index contributed by atoms with van der Waals surface area (Å²) in [6.07, 6.45) is 5.07. The molecule has 1 fully saturated rings. The number of rotatable bonds is 7. The first-order valence-electron chi connectivity index (χ1n) is 6.05. The summed E-state index contributed by atoms with van der Waals surface area (Å²) in [5.41, 5.74) is 6.59. The molecule has 0 saturated heterocycles. The van der Waals surface area contributed by atoms with Gasteiger partial charge in [-0.05, 0) is 31.2 Å². The van der Waals surface area contributed by atoms with Gasteiger partial charge in [0.1, 0.15) is 5.69 Å². The van der Waals surface area contributed by atoms with Crippen molar-refractivity contribution in [1.82, 2.24) is 10.3 Å². The minimum atomic E-state index is -0.121. The van der Waals surface area contributed by atoms with E-state index in [0.717, 1.165) is 18.9 Å². The maximum absolute atomic E-state index is 11.6. The smallest absolute Gasteiger partial charge is 0.267 e. The molecule has 17 heavy (non-hydrogen) atoms. The number of anilines is 1. The predicted octanol–water partition coefficient (Wildman–Crippen LogP) is 1.14. The highest BCUT2D eigenvalue weighted by atomic mass is 16.5. The first-order chi connectivity index (χ1) is 8.25. The van der Waals surface area contributed by atoms with Gasteiger partial charge in [-0.15, -0.1) is 0 Å². The van der Waals surface area contributed by atoms with Crippen LogP contribution in [0.2, 0.25) is 0 Å². The highest BCUT2D eigenvalue weighted by molar-refractivity contribution is 5.93. The molecule has 5 heteroatoms. The Morgan fingerprint density at radius 2 is 2.41 bits per heavy atom. The highest BCUT2D eigenvalue weighted by Crippen LogP contribution is 2.28. The number of carbonyl (C=O) groups is 1. The Balaban J connectivity index is 1.53. The third-order valence-corrected chi connectivity index (χ3v) is 2.75. The third-order valence-electron chi connectivity index (χ3n) is 2.75. The molecule has 1 aliphatic rings. The molecule has 0 aromatic carbocycles. The fourth-order valence-corrected chi connectivity index (χ4v) is 1.55. The molecule has 5 nitrogen and oxygen atoms in total. The Morgan fingerprint density at radius 1 is 1.59 bits per heavy atom. The van der Waals surface area contributed by atoms with Crippen LogP contribution in [0.3, 0.4) is 0 Å². The second-order valence-electron chi connectivity index (χ2n) is 4.47. The molecule has 1 amide bonds. The topological polar surface area (TPSA) is 80.1 Å². The van der Waals surface area contributed by atoms with Gasteiger partial charge in [0.25, 0.3) is 5.91 Å². The van der Waals surface area contributed by atoms with Gasteiger partial charge in [-0.25, -0.2) is 0 Å². The fraction of sp³-hybridized carbons (Fsp3) is 0.583. The van der Waals surface area contributed by atoms with Gasteiger partial charge in [-0.3, -0.25) is 4.79 Å². The Bertz CT molecular complexity index is 372. The van der Waals surface area contributed by atoms with E-state index in [-0.39, 0.29) is 5.91 Å². The molecule has 0 bridgehead atoms. The van der Waals surface area contributed by atoms with Gasteiger partial charge in [0.2, 0.25) is 0 Å². The Labute approximate surface area is 101 Å². The minimum Gasteiger partial charge on any atom is -0.397 e. The van der Waals surface area contributed by atoms with E-state index in [1.165, 1.54) is 12.8 Å². The highest BCUT2D eigenvalue weighted by Gasteiger charge is 2.20. The number of aromatic nitrogens is 1. The summed E-state index contributed by atoms with van der Waals surface area (Å²) in [6, 6.07) is 1.62. The van der Waals surface area contributed by atoms with E-state index >= 15 is 0 Å². The van der Waals surface area contributed by atoms with E-state index in [4.69, 9.17) is 10.5 Å². The number of nitrogen functional groups attached to an aromatic ring is 1. The van der Waals surface area contributed by atoms with Crippen LogP contribution in [0.25, 0.3) is 0 Å². The number of hydrogen-bond donors (Lipinski definition) is 3. The molecule has 1 aliphatic carbocycles. The van der Waals surface area contributed by atoms with Crippen LogP contribution in [0.1, 0.15) is 29.8 Å². The number of nitrogens with one attached hydrogen (secondary N) is 2. The standard InChI is InChI=1S/C12H19N3O2/c13-10-6-11(15-7-10)12(16)14-4-1-5-17-8-9-2-3-9/h6-7,9,15H,1-5,8,13H2,(H,14,16). The van der Waals surface area contributed by atoms with Gasteiger partial charge in [0, 0.05) is 31.6 Å². The monoisotopic (exact) mass is 237 g/mol. The minimum absolute atomic E-state index is 0.121. The number of nitrogens with two attached hydrogens (primary N) is 1. The Kier molecular flexibility index (Phi) is 4.03. The van der Waals surface area contributed by atoms with Crippen molar-refractivity contribution in [3.63, 3.8) is 0 Å². The molecule has 0 spiro atoms. The van der Waals surface area contributed by atoms with Crippen molar-refractivity contribution in [2.75, 3.05) is 25.5 Å². The third kappa shape index (κ3) is 4.11. The number of H-pyrrole nitrogens is 1. The molecule has 0 aliphatic heterocycles. The molecule has 1 aromatic heterocycles. The maximum atomic E-state index is 11.6. The predicted molar refractivity (Wildman–Crippen MR) is 65.7 cm³/mol. The largest absolute Gasteiger partial charge is 0.397 e. The molecule has 4 N–H and O–H groups in total.